The smallest absolute Gasteiger partial charge is 0.354 e. The van der Waals surface area contributed by atoms with Crippen molar-refractivity contribution in [2.45, 2.75) is 13.8 Å². The van der Waals surface area contributed by atoms with Gasteiger partial charge >= 0.3 is 5.97 Å². The van der Waals surface area contributed by atoms with Crippen molar-refractivity contribution in [3.05, 3.63) is 47.4 Å². The average molecular weight is 271 g/mol. The second kappa shape index (κ2) is 5.48. The maximum Gasteiger partial charge on any atom is 0.354 e. The van der Waals surface area contributed by atoms with E-state index in [1.807, 2.05) is 0 Å². The number of aryl methyl sites for hydroxylation is 1. The number of carbonyl (C=O) groups is 2. The van der Waals surface area contributed by atoms with Crippen LogP contribution >= 0.6 is 0 Å². The first-order valence-corrected chi connectivity index (χ1v) is 5.92. The molecule has 102 valence electrons. The van der Waals surface area contributed by atoms with Crippen LogP contribution in [0.25, 0.3) is 0 Å². The molecule has 0 radical (unpaired) electrons. The van der Waals surface area contributed by atoms with Crippen LogP contribution in [0.1, 0.15) is 33.6 Å². The molecule has 0 aliphatic rings. The highest BCUT2D eigenvalue weighted by Crippen LogP contribution is 2.17. The number of hydrogen-bond donors (Lipinski definition) is 2. The first-order valence-electron chi connectivity index (χ1n) is 5.92. The summed E-state index contributed by atoms with van der Waals surface area (Å²) in [6.45, 7) is 3.10. The zero-order valence-corrected chi connectivity index (χ0v) is 11.0. The summed E-state index contributed by atoms with van der Waals surface area (Å²) in [6, 6.07) is 8.24. The molecular formula is C14H13N3O3. The van der Waals surface area contributed by atoms with E-state index in [4.69, 9.17) is 5.11 Å². The van der Waals surface area contributed by atoms with E-state index in [-0.39, 0.29) is 11.5 Å². The van der Waals surface area contributed by atoms with Gasteiger partial charge in [-0.15, -0.1) is 0 Å². The van der Waals surface area contributed by atoms with Crippen molar-refractivity contribution in [3.8, 4) is 0 Å². The fourth-order valence-electron chi connectivity index (χ4n) is 1.71. The molecule has 0 atom stereocenters. The second-order valence-corrected chi connectivity index (χ2v) is 4.25. The molecule has 6 nitrogen and oxygen atoms in total. The number of Topliss-reactive ketones (excluding diaryl/α,β-unsaturated/α-hetero) is 1. The lowest BCUT2D eigenvalue weighted by Crippen LogP contribution is -2.06. The Morgan fingerprint density at radius 1 is 1.20 bits per heavy atom. The van der Waals surface area contributed by atoms with Crippen LogP contribution in [-0.4, -0.2) is 26.8 Å². The maximum absolute atomic E-state index is 11.3. The standard InChI is InChI=1S/C14H13N3O3/c1-8(18)10-4-3-5-11(6-10)17-13-7-12(14(19)20)15-9(2)16-13/h3-7H,1-2H3,(H,19,20)(H,15,16,17). The normalized spacial score (nSPS) is 10.1. The minimum Gasteiger partial charge on any atom is -0.477 e. The Balaban J connectivity index is 2.32. The summed E-state index contributed by atoms with van der Waals surface area (Å²) in [4.78, 5) is 30.2. The Kier molecular flexibility index (Phi) is 3.74. The Hall–Kier alpha value is -2.76. The van der Waals surface area contributed by atoms with Gasteiger partial charge in [-0.1, -0.05) is 12.1 Å². The molecule has 1 heterocycles. The number of carbonyl (C=O) groups excluding carboxylic acids is 1. The molecule has 0 bridgehead atoms. The average Bonchev–Trinajstić information content (AvgIpc) is 2.38. The van der Waals surface area contributed by atoms with E-state index in [9.17, 15) is 9.59 Å². The number of aromatic carboxylic acids is 1. The van der Waals surface area contributed by atoms with Gasteiger partial charge in [0, 0.05) is 17.3 Å². The van der Waals surface area contributed by atoms with Crippen LogP contribution in [0.2, 0.25) is 0 Å². The third-order valence-electron chi connectivity index (χ3n) is 2.60. The molecule has 1 aromatic heterocycles. The molecule has 2 aromatic rings. The number of nitrogens with zero attached hydrogens (tertiary/aromatic N) is 2. The lowest BCUT2D eigenvalue weighted by molar-refractivity contribution is 0.0689. The van der Waals surface area contributed by atoms with Crippen molar-refractivity contribution >= 4 is 23.3 Å². The highest BCUT2D eigenvalue weighted by atomic mass is 16.4. The van der Waals surface area contributed by atoms with Crippen molar-refractivity contribution in [3.63, 3.8) is 0 Å². The molecule has 2 rings (SSSR count). The molecule has 1 aromatic carbocycles. The Labute approximate surface area is 115 Å². The molecule has 0 saturated heterocycles. The van der Waals surface area contributed by atoms with Gasteiger partial charge in [0.05, 0.1) is 0 Å². The van der Waals surface area contributed by atoms with Crippen LogP contribution in [0.4, 0.5) is 11.5 Å². The first-order chi connectivity index (χ1) is 9.45. The molecule has 0 spiro atoms. The van der Waals surface area contributed by atoms with Gasteiger partial charge in [0.1, 0.15) is 11.6 Å². The van der Waals surface area contributed by atoms with Gasteiger partial charge in [0.2, 0.25) is 0 Å². The summed E-state index contributed by atoms with van der Waals surface area (Å²) in [5.74, 6) is -0.430. The summed E-state index contributed by atoms with van der Waals surface area (Å²) < 4.78 is 0. The van der Waals surface area contributed by atoms with Crippen molar-refractivity contribution in [2.75, 3.05) is 5.32 Å². The Bertz CT molecular complexity index is 683. The fourth-order valence-corrected chi connectivity index (χ4v) is 1.71. The SMILES string of the molecule is CC(=O)c1cccc(Nc2cc(C(=O)O)nc(C)n2)c1. The number of benzene rings is 1. The fraction of sp³-hybridized carbons (Fsp3) is 0.143. The summed E-state index contributed by atoms with van der Waals surface area (Å²) in [6.07, 6.45) is 0. The molecule has 0 fully saturated rings. The Morgan fingerprint density at radius 2 is 1.95 bits per heavy atom. The van der Waals surface area contributed by atoms with Gasteiger partial charge in [-0.25, -0.2) is 14.8 Å². The van der Waals surface area contributed by atoms with Crippen molar-refractivity contribution in [1.29, 1.82) is 0 Å². The monoisotopic (exact) mass is 271 g/mol. The molecular weight excluding hydrogens is 258 g/mol. The molecule has 0 saturated carbocycles. The van der Waals surface area contributed by atoms with Gasteiger partial charge in [0.15, 0.2) is 11.5 Å². The predicted molar refractivity (Wildman–Crippen MR) is 73.5 cm³/mol. The number of ketones is 1. The van der Waals surface area contributed by atoms with Crippen molar-refractivity contribution in [2.24, 2.45) is 0 Å². The highest BCUT2D eigenvalue weighted by molar-refractivity contribution is 5.95. The van der Waals surface area contributed by atoms with E-state index >= 15 is 0 Å². The van der Waals surface area contributed by atoms with Crippen LogP contribution in [0.15, 0.2) is 30.3 Å². The molecule has 0 aliphatic heterocycles. The topological polar surface area (TPSA) is 92.2 Å². The van der Waals surface area contributed by atoms with E-state index in [0.717, 1.165) is 0 Å². The number of carboxylic acids is 1. The number of rotatable bonds is 4. The van der Waals surface area contributed by atoms with Crippen LogP contribution in [0, 0.1) is 6.92 Å². The first kappa shape index (κ1) is 13.7. The van der Waals surface area contributed by atoms with E-state index in [1.54, 1.807) is 31.2 Å². The van der Waals surface area contributed by atoms with Gasteiger partial charge in [-0.05, 0) is 26.0 Å². The summed E-state index contributed by atoms with van der Waals surface area (Å²) >= 11 is 0. The van der Waals surface area contributed by atoms with Crippen LogP contribution in [-0.2, 0) is 0 Å². The van der Waals surface area contributed by atoms with Gasteiger partial charge in [-0.3, -0.25) is 4.79 Å². The quantitative estimate of drug-likeness (QED) is 0.830. The lowest BCUT2D eigenvalue weighted by Gasteiger charge is -2.08. The molecule has 0 amide bonds. The molecule has 0 aliphatic carbocycles. The number of anilines is 2. The molecule has 0 unspecified atom stereocenters. The van der Waals surface area contributed by atoms with Crippen LogP contribution in [0.5, 0.6) is 0 Å². The zero-order chi connectivity index (χ0) is 14.7. The number of carboxylic acid groups (broad SMARTS) is 1. The minimum atomic E-state index is -1.11. The molecule has 6 heteroatoms. The van der Waals surface area contributed by atoms with E-state index in [1.165, 1.54) is 13.0 Å². The molecule has 2 N–H and O–H groups in total. The number of hydrogen-bond acceptors (Lipinski definition) is 5. The largest absolute Gasteiger partial charge is 0.477 e. The molecule has 20 heavy (non-hydrogen) atoms. The maximum atomic E-state index is 11.3. The number of nitrogens with one attached hydrogen (secondary N) is 1. The summed E-state index contributed by atoms with van der Waals surface area (Å²) in [7, 11) is 0. The second-order valence-electron chi connectivity index (χ2n) is 4.25. The zero-order valence-electron chi connectivity index (χ0n) is 11.0. The minimum absolute atomic E-state index is 0.0428. The van der Waals surface area contributed by atoms with Crippen molar-refractivity contribution < 1.29 is 14.7 Å². The highest BCUT2D eigenvalue weighted by Gasteiger charge is 2.09. The lowest BCUT2D eigenvalue weighted by atomic mass is 10.1. The summed E-state index contributed by atoms with van der Waals surface area (Å²) in [5.41, 5.74) is 1.15. The Morgan fingerprint density at radius 3 is 2.60 bits per heavy atom. The summed E-state index contributed by atoms with van der Waals surface area (Å²) in [5, 5.41) is 11.9. The van der Waals surface area contributed by atoms with Crippen LogP contribution < -0.4 is 5.32 Å². The van der Waals surface area contributed by atoms with Gasteiger partial charge < -0.3 is 10.4 Å². The van der Waals surface area contributed by atoms with Crippen molar-refractivity contribution in [1.82, 2.24) is 9.97 Å². The van der Waals surface area contributed by atoms with Gasteiger partial charge in [-0.2, -0.15) is 0 Å². The third-order valence-corrected chi connectivity index (χ3v) is 2.60. The van der Waals surface area contributed by atoms with E-state index in [2.05, 4.69) is 15.3 Å². The van der Waals surface area contributed by atoms with E-state index in [0.29, 0.717) is 22.9 Å². The van der Waals surface area contributed by atoms with E-state index < -0.39 is 5.97 Å². The third kappa shape index (κ3) is 3.17. The predicted octanol–water partition coefficient (Wildman–Crippen LogP) is 2.43. The number of aromatic nitrogens is 2. The van der Waals surface area contributed by atoms with Crippen LogP contribution in [0.3, 0.4) is 0 Å². The van der Waals surface area contributed by atoms with Gasteiger partial charge in [0.25, 0.3) is 0 Å².